The monoisotopic (exact) mass is 218 g/mol. The molecule has 0 amide bonds. The van der Waals surface area contributed by atoms with Crippen LogP contribution in [0.25, 0.3) is 0 Å². The van der Waals surface area contributed by atoms with Gasteiger partial charge in [0, 0.05) is 18.5 Å². The smallest absolute Gasteiger partial charge is 0.122 e. The van der Waals surface area contributed by atoms with Gasteiger partial charge in [0.15, 0.2) is 0 Å². The molecule has 0 radical (unpaired) electrons. The fourth-order valence-corrected chi connectivity index (χ4v) is 1.54. The zero-order valence-electron chi connectivity index (χ0n) is 9.38. The summed E-state index contributed by atoms with van der Waals surface area (Å²) in [5.41, 5.74) is 1.10. The molecular weight excluding hydrogens is 204 g/mol. The highest BCUT2D eigenvalue weighted by Crippen LogP contribution is 2.22. The fraction of sp³-hybridized carbons (Fsp3) is 0.250. The molecule has 0 saturated carbocycles. The maximum Gasteiger partial charge on any atom is 0.122 e. The van der Waals surface area contributed by atoms with Crippen molar-refractivity contribution in [3.05, 3.63) is 42.2 Å². The Morgan fingerprint density at radius 1 is 1.12 bits per heavy atom. The second-order valence-corrected chi connectivity index (χ2v) is 3.42. The first-order valence-corrected chi connectivity index (χ1v) is 5.01. The second kappa shape index (κ2) is 4.70. The van der Waals surface area contributed by atoms with Crippen molar-refractivity contribution in [1.82, 2.24) is 9.78 Å². The molecule has 1 aromatic carbocycles. The summed E-state index contributed by atoms with van der Waals surface area (Å²) in [4.78, 5) is 0. The van der Waals surface area contributed by atoms with Gasteiger partial charge in [-0.25, -0.2) is 0 Å². The van der Waals surface area contributed by atoms with Gasteiger partial charge in [-0.3, -0.25) is 4.68 Å². The third-order valence-electron chi connectivity index (χ3n) is 2.31. The predicted molar refractivity (Wildman–Crippen MR) is 60.9 cm³/mol. The van der Waals surface area contributed by atoms with Crippen molar-refractivity contribution < 1.29 is 9.47 Å². The molecule has 0 aliphatic heterocycles. The lowest BCUT2D eigenvalue weighted by atomic mass is 10.2. The first kappa shape index (κ1) is 10.5. The van der Waals surface area contributed by atoms with E-state index in [0.717, 1.165) is 17.1 Å². The van der Waals surface area contributed by atoms with Crippen molar-refractivity contribution in [2.24, 2.45) is 0 Å². The van der Waals surface area contributed by atoms with Crippen LogP contribution in [0.1, 0.15) is 5.56 Å². The zero-order chi connectivity index (χ0) is 11.4. The van der Waals surface area contributed by atoms with Gasteiger partial charge in [0.25, 0.3) is 0 Å². The van der Waals surface area contributed by atoms with E-state index in [1.54, 1.807) is 20.4 Å². The molecule has 4 heteroatoms. The number of aromatic nitrogens is 2. The molecule has 0 spiro atoms. The van der Waals surface area contributed by atoms with E-state index in [-0.39, 0.29) is 0 Å². The van der Waals surface area contributed by atoms with Crippen LogP contribution in [-0.2, 0) is 6.54 Å². The lowest BCUT2D eigenvalue weighted by Crippen LogP contribution is -2.00. The van der Waals surface area contributed by atoms with Gasteiger partial charge < -0.3 is 9.47 Å². The van der Waals surface area contributed by atoms with Gasteiger partial charge in [-0.1, -0.05) is 0 Å². The van der Waals surface area contributed by atoms with Gasteiger partial charge in [0.2, 0.25) is 0 Å². The van der Waals surface area contributed by atoms with Crippen LogP contribution < -0.4 is 9.47 Å². The summed E-state index contributed by atoms with van der Waals surface area (Å²) in [6.07, 6.45) is 3.68. The first-order valence-electron chi connectivity index (χ1n) is 5.01. The molecule has 0 N–H and O–H groups in total. The summed E-state index contributed by atoms with van der Waals surface area (Å²) >= 11 is 0. The summed E-state index contributed by atoms with van der Waals surface area (Å²) in [6.45, 7) is 0.709. The topological polar surface area (TPSA) is 36.3 Å². The molecular formula is C12H14N2O2. The van der Waals surface area contributed by atoms with Gasteiger partial charge >= 0.3 is 0 Å². The molecule has 2 aromatic rings. The third kappa shape index (κ3) is 2.34. The predicted octanol–water partition coefficient (Wildman–Crippen LogP) is 1.95. The molecule has 0 fully saturated rings. The SMILES string of the molecule is COc1cc(Cn2cccn2)cc(OC)c1. The Hall–Kier alpha value is -1.97. The highest BCUT2D eigenvalue weighted by Gasteiger charge is 2.02. The van der Waals surface area contributed by atoms with Crippen LogP contribution in [0, 0.1) is 0 Å². The van der Waals surface area contributed by atoms with Crippen LogP contribution in [0.15, 0.2) is 36.7 Å². The maximum atomic E-state index is 5.21. The number of benzene rings is 1. The fourth-order valence-electron chi connectivity index (χ4n) is 1.54. The Kier molecular flexibility index (Phi) is 3.10. The molecule has 4 nitrogen and oxygen atoms in total. The van der Waals surface area contributed by atoms with Gasteiger partial charge in [0.1, 0.15) is 11.5 Å². The molecule has 2 rings (SSSR count). The minimum Gasteiger partial charge on any atom is -0.497 e. The molecule has 0 saturated heterocycles. The Bertz CT molecular complexity index is 430. The Labute approximate surface area is 94.4 Å². The van der Waals surface area contributed by atoms with E-state index >= 15 is 0 Å². The molecule has 0 bridgehead atoms. The van der Waals surface area contributed by atoms with E-state index in [2.05, 4.69) is 5.10 Å². The van der Waals surface area contributed by atoms with E-state index in [4.69, 9.17) is 9.47 Å². The number of hydrogen-bond donors (Lipinski definition) is 0. The average Bonchev–Trinajstić information content (AvgIpc) is 2.81. The number of ether oxygens (including phenoxy) is 2. The Morgan fingerprint density at radius 3 is 2.31 bits per heavy atom. The van der Waals surface area contributed by atoms with E-state index in [0.29, 0.717) is 6.54 Å². The van der Waals surface area contributed by atoms with Gasteiger partial charge in [-0.05, 0) is 23.8 Å². The van der Waals surface area contributed by atoms with Gasteiger partial charge in [-0.15, -0.1) is 0 Å². The van der Waals surface area contributed by atoms with Crippen LogP contribution in [-0.4, -0.2) is 24.0 Å². The lowest BCUT2D eigenvalue weighted by Gasteiger charge is -2.08. The molecule has 0 unspecified atom stereocenters. The molecule has 1 heterocycles. The number of methoxy groups -OCH3 is 2. The van der Waals surface area contributed by atoms with Crippen LogP contribution >= 0.6 is 0 Å². The summed E-state index contributed by atoms with van der Waals surface area (Å²) in [5, 5.41) is 4.16. The van der Waals surface area contributed by atoms with Crippen LogP contribution in [0.3, 0.4) is 0 Å². The summed E-state index contributed by atoms with van der Waals surface area (Å²) in [7, 11) is 3.29. The zero-order valence-corrected chi connectivity index (χ0v) is 9.38. The molecule has 16 heavy (non-hydrogen) atoms. The van der Waals surface area contributed by atoms with Gasteiger partial charge in [-0.2, -0.15) is 5.10 Å². The quantitative estimate of drug-likeness (QED) is 0.787. The van der Waals surface area contributed by atoms with Crippen LogP contribution in [0.2, 0.25) is 0 Å². The van der Waals surface area contributed by atoms with Crippen molar-refractivity contribution in [2.45, 2.75) is 6.54 Å². The molecule has 0 atom stereocenters. The van der Waals surface area contributed by atoms with Gasteiger partial charge in [0.05, 0.1) is 20.8 Å². The largest absolute Gasteiger partial charge is 0.497 e. The highest BCUT2D eigenvalue weighted by molar-refractivity contribution is 5.38. The van der Waals surface area contributed by atoms with Crippen molar-refractivity contribution in [3.63, 3.8) is 0 Å². The summed E-state index contributed by atoms with van der Waals surface area (Å²) in [6, 6.07) is 7.71. The van der Waals surface area contributed by atoms with Crippen molar-refractivity contribution in [2.75, 3.05) is 14.2 Å². The molecule has 0 aliphatic carbocycles. The number of rotatable bonds is 4. The van der Waals surface area contributed by atoms with Crippen molar-refractivity contribution in [1.29, 1.82) is 0 Å². The second-order valence-electron chi connectivity index (χ2n) is 3.42. The average molecular weight is 218 g/mol. The van der Waals surface area contributed by atoms with Crippen molar-refractivity contribution >= 4 is 0 Å². The van der Waals surface area contributed by atoms with Crippen LogP contribution in [0.5, 0.6) is 11.5 Å². The Balaban J connectivity index is 2.26. The molecule has 84 valence electrons. The summed E-state index contributed by atoms with van der Waals surface area (Å²) in [5.74, 6) is 1.59. The number of hydrogen-bond acceptors (Lipinski definition) is 3. The normalized spacial score (nSPS) is 10.1. The molecule has 0 aliphatic rings. The van der Waals surface area contributed by atoms with Crippen LogP contribution in [0.4, 0.5) is 0 Å². The Morgan fingerprint density at radius 2 is 1.81 bits per heavy atom. The van der Waals surface area contributed by atoms with E-state index in [1.165, 1.54) is 0 Å². The van der Waals surface area contributed by atoms with E-state index in [1.807, 2.05) is 35.1 Å². The standard InChI is InChI=1S/C12H14N2O2/c1-15-11-6-10(7-12(8-11)16-2)9-14-5-3-4-13-14/h3-8H,9H2,1-2H3. The number of nitrogens with zero attached hydrogens (tertiary/aromatic N) is 2. The highest BCUT2D eigenvalue weighted by atomic mass is 16.5. The summed E-state index contributed by atoms with van der Waals surface area (Å²) < 4.78 is 12.3. The first-order chi connectivity index (χ1) is 7.81. The lowest BCUT2D eigenvalue weighted by molar-refractivity contribution is 0.393. The minimum absolute atomic E-state index is 0.709. The van der Waals surface area contributed by atoms with Crippen molar-refractivity contribution in [3.8, 4) is 11.5 Å². The minimum atomic E-state index is 0.709. The maximum absolute atomic E-state index is 5.21. The molecule has 1 aromatic heterocycles. The van der Waals surface area contributed by atoms with E-state index < -0.39 is 0 Å². The third-order valence-corrected chi connectivity index (χ3v) is 2.31. The van der Waals surface area contributed by atoms with E-state index in [9.17, 15) is 0 Å².